The Bertz CT molecular complexity index is 251. The fourth-order valence-electron chi connectivity index (χ4n) is 1.59. The molecule has 0 radical (unpaired) electrons. The van der Waals surface area contributed by atoms with Crippen molar-refractivity contribution in [1.82, 2.24) is 0 Å². The van der Waals surface area contributed by atoms with Gasteiger partial charge < -0.3 is 9.84 Å². The quantitative estimate of drug-likeness (QED) is 0.351. The smallest absolute Gasteiger partial charge is 0.163 e. The van der Waals surface area contributed by atoms with Gasteiger partial charge in [-0.15, -0.1) is 6.42 Å². The van der Waals surface area contributed by atoms with E-state index in [1.54, 1.807) is 0 Å². The van der Waals surface area contributed by atoms with Gasteiger partial charge in [0, 0.05) is 6.42 Å². The first-order valence-corrected chi connectivity index (χ1v) is 3.55. The molecule has 0 aromatic heterocycles. The van der Waals surface area contributed by atoms with Crippen molar-refractivity contribution < 1.29 is 14.2 Å². The van der Waals surface area contributed by atoms with Gasteiger partial charge in [0.1, 0.15) is 11.1 Å². The lowest BCUT2D eigenvalue weighted by Crippen LogP contribution is -2.43. The molecule has 1 unspecified atom stereocenters. The second-order valence-corrected chi connectivity index (χ2v) is 3.42. The molecule has 4 heteroatoms. The molecule has 2 rings (SSSR count). The molecule has 0 aromatic rings. The predicted octanol–water partition coefficient (Wildman–Crippen LogP) is -1.18. The Morgan fingerprint density at radius 1 is 1.82 bits per heavy atom. The van der Waals surface area contributed by atoms with Crippen molar-refractivity contribution in [3.05, 3.63) is 0 Å². The summed E-state index contributed by atoms with van der Waals surface area (Å²) in [5.41, 5.74) is -2.49. The Morgan fingerprint density at radius 2 is 2.45 bits per heavy atom. The molecule has 58 valence electrons. The first-order valence-electron chi connectivity index (χ1n) is 3.55. The second kappa shape index (κ2) is 1.62. The van der Waals surface area contributed by atoms with Crippen LogP contribution in [-0.2, 0) is 4.74 Å². The van der Waals surface area contributed by atoms with Crippen LogP contribution in [0.15, 0.2) is 0 Å². The number of fused-ring (bicyclic) bond motifs is 1. The first kappa shape index (κ1) is 7.14. The molecule has 0 amide bonds. The summed E-state index contributed by atoms with van der Waals surface area (Å²) in [6, 6.07) is 0. The van der Waals surface area contributed by atoms with Crippen LogP contribution in [0.4, 0.5) is 4.39 Å². The normalized spacial score (nSPS) is 60.1. The highest BCUT2D eigenvalue weighted by atomic mass is 19.1. The third kappa shape index (κ3) is 0.653. The van der Waals surface area contributed by atoms with E-state index in [2.05, 4.69) is 5.92 Å². The Morgan fingerprint density at radius 3 is 2.73 bits per heavy atom. The summed E-state index contributed by atoms with van der Waals surface area (Å²) < 4.78 is 18.4. The second-order valence-electron chi connectivity index (χ2n) is 3.42. The van der Waals surface area contributed by atoms with Gasteiger partial charge in [0.05, 0.1) is 6.10 Å². The van der Waals surface area contributed by atoms with Crippen LogP contribution in [0, 0.1) is 12.3 Å². The molecular weight excluding hydrogens is 146 g/mol. The average molecular weight is 154 g/mol. The zero-order valence-corrected chi connectivity index (χ0v) is 6.17. The van der Waals surface area contributed by atoms with E-state index in [-0.39, 0.29) is 6.10 Å². The van der Waals surface area contributed by atoms with Crippen LogP contribution in [-0.4, -0.2) is 36.3 Å². The lowest BCUT2D eigenvalue weighted by atomic mass is 9.77. The highest BCUT2D eigenvalue weighted by Gasteiger charge is 2.72. The Balaban J connectivity index is 2.29. The fraction of sp³-hybridized carbons (Fsp3) is 0.714. The number of alkyl halides is 1. The maximum absolute atomic E-state index is 13.3. The Hall–Kier alpha value is -0.525. The molecule has 1 saturated heterocycles. The fourth-order valence-corrected chi connectivity index (χ4v) is 1.59. The van der Waals surface area contributed by atoms with Gasteiger partial charge in [-0.05, 0) is 0 Å². The van der Waals surface area contributed by atoms with E-state index < -0.39 is 17.3 Å². The van der Waals surface area contributed by atoms with Crippen molar-refractivity contribution >= 4 is 7.85 Å². The van der Waals surface area contributed by atoms with Gasteiger partial charge in [0.15, 0.2) is 14.0 Å². The van der Waals surface area contributed by atoms with Gasteiger partial charge in [-0.3, -0.25) is 0 Å². The molecule has 11 heavy (non-hydrogen) atoms. The molecule has 2 nitrogen and oxygen atoms in total. The standard InChI is InChI=1S/C7H8BFO2/c1-2-7(8)5(9)6(10)3-4(6)11-7/h1,4-5,10H,3,8H2/t4-,5-,6?,7-/m1/s1. The number of hydrogen-bond acceptors (Lipinski definition) is 2. The number of ether oxygens (including phenoxy) is 1. The summed E-state index contributed by atoms with van der Waals surface area (Å²) in [7, 11) is 1.49. The minimum atomic E-state index is -1.44. The van der Waals surface area contributed by atoms with E-state index in [1.807, 2.05) is 0 Å². The van der Waals surface area contributed by atoms with E-state index in [0.717, 1.165) is 0 Å². The van der Waals surface area contributed by atoms with Gasteiger partial charge in [-0.1, -0.05) is 5.92 Å². The van der Waals surface area contributed by atoms with Crippen LogP contribution >= 0.6 is 0 Å². The third-order valence-corrected chi connectivity index (χ3v) is 2.51. The minimum Gasteiger partial charge on any atom is -0.384 e. The van der Waals surface area contributed by atoms with E-state index in [0.29, 0.717) is 6.42 Å². The molecule has 2 fully saturated rings. The summed E-state index contributed by atoms with van der Waals surface area (Å²) in [6.07, 6.45) is 3.64. The van der Waals surface area contributed by atoms with Gasteiger partial charge in [0.25, 0.3) is 0 Å². The number of aliphatic hydroxyl groups is 1. The van der Waals surface area contributed by atoms with Crippen LogP contribution < -0.4 is 0 Å². The molecular formula is C7H8BFO2. The molecule has 4 atom stereocenters. The Kier molecular flexibility index (Phi) is 1.05. The third-order valence-electron chi connectivity index (χ3n) is 2.51. The molecule has 1 aliphatic heterocycles. The summed E-state index contributed by atoms with van der Waals surface area (Å²) in [6.45, 7) is 0. The highest BCUT2D eigenvalue weighted by molar-refractivity contribution is 6.17. The summed E-state index contributed by atoms with van der Waals surface area (Å²) in [4.78, 5) is 0. The van der Waals surface area contributed by atoms with Crippen molar-refractivity contribution in [1.29, 1.82) is 0 Å². The van der Waals surface area contributed by atoms with Crippen LogP contribution in [0.25, 0.3) is 0 Å². The minimum absolute atomic E-state index is 0.376. The van der Waals surface area contributed by atoms with Crippen molar-refractivity contribution in [2.45, 2.75) is 29.8 Å². The molecule has 0 bridgehead atoms. The summed E-state index contributed by atoms with van der Waals surface area (Å²) in [5, 5.41) is 9.41. The van der Waals surface area contributed by atoms with E-state index in [9.17, 15) is 9.50 Å². The number of hydrogen-bond donors (Lipinski definition) is 1. The van der Waals surface area contributed by atoms with E-state index in [4.69, 9.17) is 11.2 Å². The number of terminal acetylenes is 1. The zero-order valence-electron chi connectivity index (χ0n) is 6.17. The molecule has 1 heterocycles. The summed E-state index contributed by atoms with van der Waals surface area (Å²) in [5.74, 6) is 2.22. The van der Waals surface area contributed by atoms with E-state index in [1.165, 1.54) is 7.85 Å². The largest absolute Gasteiger partial charge is 0.384 e. The predicted molar refractivity (Wildman–Crippen MR) is 39.4 cm³/mol. The van der Waals surface area contributed by atoms with Crippen molar-refractivity contribution in [3.63, 3.8) is 0 Å². The molecule has 1 N–H and O–H groups in total. The number of halogens is 1. The average Bonchev–Trinajstić information content (AvgIpc) is 2.56. The van der Waals surface area contributed by atoms with Crippen molar-refractivity contribution in [3.8, 4) is 12.3 Å². The highest BCUT2D eigenvalue weighted by Crippen LogP contribution is 2.54. The molecule has 1 saturated carbocycles. The molecule has 2 aliphatic rings. The van der Waals surface area contributed by atoms with Crippen LogP contribution in [0.1, 0.15) is 6.42 Å². The maximum Gasteiger partial charge on any atom is 0.163 e. The molecule has 0 spiro atoms. The van der Waals surface area contributed by atoms with Crippen molar-refractivity contribution in [2.75, 3.05) is 0 Å². The van der Waals surface area contributed by atoms with Gasteiger partial charge >= 0.3 is 0 Å². The monoisotopic (exact) mass is 154 g/mol. The Labute approximate surface area is 65.1 Å². The first-order chi connectivity index (χ1) is 5.03. The lowest BCUT2D eigenvalue weighted by molar-refractivity contribution is 0.0281. The van der Waals surface area contributed by atoms with Crippen LogP contribution in [0.3, 0.4) is 0 Å². The van der Waals surface area contributed by atoms with E-state index >= 15 is 0 Å². The van der Waals surface area contributed by atoms with Gasteiger partial charge in [-0.25, -0.2) is 4.39 Å². The summed E-state index contributed by atoms with van der Waals surface area (Å²) >= 11 is 0. The van der Waals surface area contributed by atoms with Gasteiger partial charge in [-0.2, -0.15) is 0 Å². The van der Waals surface area contributed by atoms with Crippen LogP contribution in [0.2, 0.25) is 0 Å². The number of rotatable bonds is 0. The molecule has 0 aromatic carbocycles. The lowest BCUT2D eigenvalue weighted by Gasteiger charge is -2.23. The SMILES string of the molecule is B[C@]1(C#C)O[C@@H]2CC2(O)[C@H]1F. The zero-order chi connectivity index (χ0) is 8.28. The molecule has 1 aliphatic carbocycles. The topological polar surface area (TPSA) is 29.5 Å². The van der Waals surface area contributed by atoms with Crippen LogP contribution in [0.5, 0.6) is 0 Å². The van der Waals surface area contributed by atoms with Gasteiger partial charge in [0.2, 0.25) is 0 Å². The maximum atomic E-state index is 13.3. The van der Waals surface area contributed by atoms with Crippen molar-refractivity contribution in [2.24, 2.45) is 0 Å².